The lowest BCUT2D eigenvalue weighted by molar-refractivity contribution is 0.284. The van der Waals surface area contributed by atoms with E-state index in [4.69, 9.17) is 10.00 Å². The van der Waals surface area contributed by atoms with Crippen molar-refractivity contribution in [2.45, 2.75) is 52.5 Å². The van der Waals surface area contributed by atoms with E-state index in [1.165, 1.54) is 0 Å². The van der Waals surface area contributed by atoms with Gasteiger partial charge >= 0.3 is 0 Å². The summed E-state index contributed by atoms with van der Waals surface area (Å²) in [4.78, 5) is 0.325. The molecule has 5 nitrogen and oxygen atoms in total. The molecular weight excluding hydrogens is 360 g/mol. The first kappa shape index (κ1) is 20.9. The van der Waals surface area contributed by atoms with E-state index in [1.54, 1.807) is 32.9 Å². The monoisotopic (exact) mass is 386 g/mol. The van der Waals surface area contributed by atoms with Crippen molar-refractivity contribution in [1.82, 2.24) is 4.72 Å². The molecule has 0 saturated carbocycles. The minimum atomic E-state index is -3.65. The first-order valence-corrected chi connectivity index (χ1v) is 10.3. The van der Waals surface area contributed by atoms with Crippen molar-refractivity contribution in [2.24, 2.45) is 0 Å². The number of nitrogens with zero attached hydrogens (tertiary/aromatic N) is 1. The molecule has 0 aliphatic heterocycles. The topological polar surface area (TPSA) is 79.2 Å². The van der Waals surface area contributed by atoms with Crippen LogP contribution >= 0.6 is 0 Å². The van der Waals surface area contributed by atoms with E-state index in [2.05, 4.69) is 10.8 Å². The Morgan fingerprint density at radius 3 is 2.00 bits per heavy atom. The van der Waals surface area contributed by atoms with Gasteiger partial charge in [-0.25, -0.2) is 13.1 Å². The van der Waals surface area contributed by atoms with Gasteiger partial charge in [-0.2, -0.15) is 5.26 Å². The molecule has 0 spiro atoms. The molecule has 0 bridgehead atoms. The van der Waals surface area contributed by atoms with Crippen molar-refractivity contribution in [1.29, 1.82) is 5.26 Å². The van der Waals surface area contributed by atoms with Gasteiger partial charge in [0.05, 0.1) is 22.6 Å². The minimum absolute atomic E-state index is 0.191. The van der Waals surface area contributed by atoms with Gasteiger partial charge in [0.25, 0.3) is 0 Å². The van der Waals surface area contributed by atoms with Crippen molar-refractivity contribution in [3.63, 3.8) is 0 Å². The molecule has 0 heterocycles. The Morgan fingerprint density at radius 1 is 1.00 bits per heavy atom. The molecule has 0 aromatic heterocycles. The smallest absolute Gasteiger partial charge is 0.241 e. The summed E-state index contributed by atoms with van der Waals surface area (Å²) in [6.45, 7) is 11.3. The third-order valence-electron chi connectivity index (χ3n) is 4.30. The summed E-state index contributed by atoms with van der Waals surface area (Å²) in [6, 6.07) is 8.96. The van der Waals surface area contributed by atoms with Crippen LogP contribution in [0.15, 0.2) is 29.2 Å². The summed E-state index contributed by atoms with van der Waals surface area (Å²) in [7, 11) is -3.65. The highest BCUT2D eigenvalue weighted by atomic mass is 32.2. The van der Waals surface area contributed by atoms with E-state index in [0.29, 0.717) is 16.2 Å². The molecule has 2 aromatic rings. The molecule has 1 atom stereocenters. The highest BCUT2D eigenvalue weighted by Crippen LogP contribution is 2.25. The van der Waals surface area contributed by atoms with E-state index < -0.39 is 16.1 Å². The van der Waals surface area contributed by atoms with Gasteiger partial charge in [0.2, 0.25) is 10.0 Å². The van der Waals surface area contributed by atoms with E-state index in [9.17, 15) is 8.42 Å². The van der Waals surface area contributed by atoms with Crippen molar-refractivity contribution in [3.8, 4) is 11.8 Å². The van der Waals surface area contributed by atoms with Crippen LogP contribution in [-0.4, -0.2) is 21.1 Å². The number of hydrogen-bond donors (Lipinski definition) is 1. The number of benzene rings is 2. The summed E-state index contributed by atoms with van der Waals surface area (Å²) < 4.78 is 34.2. The molecule has 1 N–H and O–H groups in total. The standard InChI is InChI=1S/C21H26N2O3S/c1-13-7-16(4)21(17(5)8-13)27(24,25)23-18(6)12-26-20-14(2)9-19(11-22)10-15(20)3/h7-10,18,23H,12H2,1-6H3/t18-/m0/s1. The Hall–Kier alpha value is -2.36. The Kier molecular flexibility index (Phi) is 6.30. The summed E-state index contributed by atoms with van der Waals surface area (Å²) >= 11 is 0. The fourth-order valence-electron chi connectivity index (χ4n) is 3.40. The normalized spacial score (nSPS) is 12.5. The summed E-state index contributed by atoms with van der Waals surface area (Å²) in [5, 5.41) is 9.03. The molecular formula is C21H26N2O3S. The maximum atomic E-state index is 12.8. The second-order valence-electron chi connectivity index (χ2n) is 7.11. The summed E-state index contributed by atoms with van der Waals surface area (Å²) in [5.41, 5.74) is 4.78. The fraction of sp³-hybridized carbons (Fsp3) is 0.381. The van der Waals surface area contributed by atoms with E-state index in [0.717, 1.165) is 27.8 Å². The van der Waals surface area contributed by atoms with Gasteiger partial charge in [-0.3, -0.25) is 0 Å². The SMILES string of the molecule is Cc1cc(C)c(S(=O)(=O)N[C@@H](C)COc2c(C)cc(C#N)cc2C)c(C)c1. The molecule has 2 aromatic carbocycles. The zero-order chi connectivity index (χ0) is 20.4. The average molecular weight is 387 g/mol. The van der Waals surface area contributed by atoms with Crippen LogP contribution in [0.2, 0.25) is 0 Å². The fourth-order valence-corrected chi connectivity index (χ4v) is 5.08. The highest BCUT2D eigenvalue weighted by Gasteiger charge is 2.22. The molecule has 0 fully saturated rings. The van der Waals surface area contributed by atoms with Gasteiger partial charge in [-0.1, -0.05) is 17.7 Å². The molecule has 27 heavy (non-hydrogen) atoms. The zero-order valence-electron chi connectivity index (χ0n) is 16.7. The molecule has 0 saturated heterocycles. The Balaban J connectivity index is 2.15. The highest BCUT2D eigenvalue weighted by molar-refractivity contribution is 7.89. The van der Waals surface area contributed by atoms with Crippen molar-refractivity contribution in [2.75, 3.05) is 6.61 Å². The first-order chi connectivity index (χ1) is 12.5. The van der Waals surface area contributed by atoms with Crippen LogP contribution in [0.25, 0.3) is 0 Å². The van der Waals surface area contributed by atoms with Crippen LogP contribution in [0.5, 0.6) is 5.75 Å². The number of hydrogen-bond acceptors (Lipinski definition) is 4. The van der Waals surface area contributed by atoms with Gasteiger partial charge in [0.15, 0.2) is 0 Å². The zero-order valence-corrected chi connectivity index (χ0v) is 17.5. The lowest BCUT2D eigenvalue weighted by Gasteiger charge is -2.19. The maximum Gasteiger partial charge on any atom is 0.241 e. The van der Waals surface area contributed by atoms with Gasteiger partial charge in [0, 0.05) is 0 Å². The number of nitrogens with one attached hydrogen (secondary N) is 1. The molecule has 0 amide bonds. The van der Waals surface area contributed by atoms with E-state index >= 15 is 0 Å². The van der Waals surface area contributed by atoms with Crippen LogP contribution in [-0.2, 0) is 10.0 Å². The molecule has 0 radical (unpaired) electrons. The van der Waals surface area contributed by atoms with Gasteiger partial charge in [-0.15, -0.1) is 0 Å². The van der Waals surface area contributed by atoms with Crippen molar-refractivity contribution in [3.05, 3.63) is 57.6 Å². The van der Waals surface area contributed by atoms with E-state index in [-0.39, 0.29) is 6.61 Å². The second-order valence-corrected chi connectivity index (χ2v) is 8.76. The van der Waals surface area contributed by atoms with Gasteiger partial charge in [-0.05, 0) is 75.9 Å². The maximum absolute atomic E-state index is 12.8. The van der Waals surface area contributed by atoms with Gasteiger partial charge in [0.1, 0.15) is 12.4 Å². The van der Waals surface area contributed by atoms with Crippen LogP contribution in [0.3, 0.4) is 0 Å². The lowest BCUT2D eigenvalue weighted by atomic mass is 10.1. The predicted molar refractivity (Wildman–Crippen MR) is 107 cm³/mol. The summed E-state index contributed by atoms with van der Waals surface area (Å²) in [5.74, 6) is 0.683. The largest absolute Gasteiger partial charge is 0.491 e. The predicted octanol–water partition coefficient (Wildman–Crippen LogP) is 3.85. The van der Waals surface area contributed by atoms with Crippen LogP contribution in [0.1, 0.15) is 40.3 Å². The number of ether oxygens (including phenoxy) is 1. The number of aryl methyl sites for hydroxylation is 5. The number of rotatable bonds is 6. The molecule has 0 unspecified atom stereocenters. The first-order valence-electron chi connectivity index (χ1n) is 8.79. The minimum Gasteiger partial charge on any atom is -0.491 e. The van der Waals surface area contributed by atoms with E-state index in [1.807, 2.05) is 32.9 Å². The molecule has 6 heteroatoms. The van der Waals surface area contributed by atoms with Crippen LogP contribution in [0.4, 0.5) is 0 Å². The summed E-state index contributed by atoms with van der Waals surface area (Å²) in [6.07, 6.45) is 0. The Labute approximate surface area is 162 Å². The number of sulfonamides is 1. The van der Waals surface area contributed by atoms with Gasteiger partial charge < -0.3 is 4.74 Å². The molecule has 2 rings (SSSR count). The quantitative estimate of drug-likeness (QED) is 0.818. The Bertz CT molecular complexity index is 959. The molecule has 0 aliphatic rings. The third-order valence-corrected chi connectivity index (χ3v) is 6.19. The molecule has 144 valence electrons. The van der Waals surface area contributed by atoms with Crippen LogP contribution < -0.4 is 9.46 Å². The lowest BCUT2D eigenvalue weighted by Crippen LogP contribution is -2.37. The average Bonchev–Trinajstić information content (AvgIpc) is 2.51. The number of nitriles is 1. The third kappa shape index (κ3) is 4.88. The van der Waals surface area contributed by atoms with Crippen molar-refractivity contribution < 1.29 is 13.2 Å². The van der Waals surface area contributed by atoms with Crippen LogP contribution in [0, 0.1) is 45.9 Å². The second kappa shape index (κ2) is 8.12. The van der Waals surface area contributed by atoms with Crippen molar-refractivity contribution >= 4 is 10.0 Å². The molecule has 0 aliphatic carbocycles. The Morgan fingerprint density at radius 2 is 1.52 bits per heavy atom.